The van der Waals surface area contributed by atoms with Crippen molar-refractivity contribution in [2.45, 2.75) is 6.54 Å². The van der Waals surface area contributed by atoms with E-state index in [0.29, 0.717) is 0 Å². The number of anilines is 1. The van der Waals surface area contributed by atoms with Gasteiger partial charge in [-0.25, -0.2) is 0 Å². The molecule has 0 aliphatic heterocycles. The summed E-state index contributed by atoms with van der Waals surface area (Å²) in [5, 5.41) is 6.00. The van der Waals surface area contributed by atoms with E-state index in [1.165, 1.54) is 16.3 Å². The highest BCUT2D eigenvalue weighted by Crippen LogP contribution is 2.29. The monoisotopic (exact) mass is 341 g/mol. The van der Waals surface area contributed by atoms with E-state index in [4.69, 9.17) is 4.74 Å². The Bertz CT molecular complexity index is 765. The molecule has 0 radical (unpaired) electrons. The Kier molecular flexibility index (Phi) is 4.11. The van der Waals surface area contributed by atoms with Crippen LogP contribution < -0.4 is 10.1 Å². The number of ether oxygens (including phenoxy) is 1. The SMILES string of the molecule is COc1ccc(Br)cc1NCc1cccc2ccccc12. The number of methoxy groups -OCH3 is 1. The van der Waals surface area contributed by atoms with Crippen LogP contribution in [-0.2, 0) is 6.54 Å². The van der Waals surface area contributed by atoms with Gasteiger partial charge >= 0.3 is 0 Å². The topological polar surface area (TPSA) is 21.3 Å². The Hall–Kier alpha value is -2.00. The van der Waals surface area contributed by atoms with Crippen molar-refractivity contribution in [3.63, 3.8) is 0 Å². The van der Waals surface area contributed by atoms with Gasteiger partial charge in [-0.2, -0.15) is 0 Å². The van der Waals surface area contributed by atoms with E-state index in [9.17, 15) is 0 Å². The molecule has 0 aromatic heterocycles. The molecule has 3 aromatic rings. The molecule has 3 aromatic carbocycles. The van der Waals surface area contributed by atoms with Gasteiger partial charge in [0.25, 0.3) is 0 Å². The van der Waals surface area contributed by atoms with Gasteiger partial charge in [-0.1, -0.05) is 58.4 Å². The summed E-state index contributed by atoms with van der Waals surface area (Å²) in [6, 6.07) is 20.8. The molecule has 0 heterocycles. The van der Waals surface area contributed by atoms with Crippen LogP contribution >= 0.6 is 15.9 Å². The van der Waals surface area contributed by atoms with Crippen LogP contribution in [0.4, 0.5) is 5.69 Å². The van der Waals surface area contributed by atoms with Crippen molar-refractivity contribution in [3.8, 4) is 5.75 Å². The van der Waals surface area contributed by atoms with Crippen LogP contribution in [-0.4, -0.2) is 7.11 Å². The first kappa shape index (κ1) is 14.0. The second kappa shape index (κ2) is 6.19. The van der Waals surface area contributed by atoms with Crippen LogP contribution in [0, 0.1) is 0 Å². The molecule has 0 fully saturated rings. The molecule has 0 spiro atoms. The lowest BCUT2D eigenvalue weighted by Crippen LogP contribution is -2.02. The maximum Gasteiger partial charge on any atom is 0.142 e. The summed E-state index contributed by atoms with van der Waals surface area (Å²) in [4.78, 5) is 0. The second-order valence-electron chi connectivity index (χ2n) is 4.84. The predicted octanol–water partition coefficient (Wildman–Crippen LogP) is 5.22. The van der Waals surface area contributed by atoms with E-state index in [1.54, 1.807) is 7.11 Å². The molecule has 0 unspecified atom stereocenters. The predicted molar refractivity (Wildman–Crippen MR) is 92.0 cm³/mol. The van der Waals surface area contributed by atoms with Crippen LogP contribution in [0.3, 0.4) is 0 Å². The third kappa shape index (κ3) is 3.03. The van der Waals surface area contributed by atoms with Crippen LogP contribution in [0.15, 0.2) is 65.1 Å². The fourth-order valence-electron chi connectivity index (χ4n) is 2.46. The second-order valence-corrected chi connectivity index (χ2v) is 5.75. The molecule has 0 saturated heterocycles. The first-order valence-corrected chi connectivity index (χ1v) is 7.61. The van der Waals surface area contributed by atoms with Gasteiger partial charge in [0, 0.05) is 11.0 Å². The van der Waals surface area contributed by atoms with Crippen LogP contribution in [0.2, 0.25) is 0 Å². The fraction of sp³-hybridized carbons (Fsp3) is 0.111. The first-order valence-electron chi connectivity index (χ1n) is 6.82. The summed E-state index contributed by atoms with van der Waals surface area (Å²) >= 11 is 3.50. The van der Waals surface area contributed by atoms with Gasteiger partial charge in [-0.3, -0.25) is 0 Å². The van der Waals surface area contributed by atoms with Gasteiger partial charge in [0.05, 0.1) is 12.8 Å². The zero-order chi connectivity index (χ0) is 14.7. The molecule has 3 heteroatoms. The summed E-state index contributed by atoms with van der Waals surface area (Å²) in [5.74, 6) is 0.846. The highest BCUT2D eigenvalue weighted by Gasteiger charge is 2.05. The van der Waals surface area contributed by atoms with Crippen molar-refractivity contribution in [2.24, 2.45) is 0 Å². The van der Waals surface area contributed by atoms with E-state index in [1.807, 2.05) is 18.2 Å². The van der Waals surface area contributed by atoms with Gasteiger partial charge in [-0.05, 0) is 34.5 Å². The summed E-state index contributed by atoms with van der Waals surface area (Å²) in [6.45, 7) is 0.758. The standard InChI is InChI=1S/C18H16BrNO/c1-21-18-10-9-15(19)11-17(18)20-12-14-7-4-6-13-5-2-3-8-16(13)14/h2-11,20H,12H2,1H3. The molecule has 0 atom stereocenters. The highest BCUT2D eigenvalue weighted by molar-refractivity contribution is 9.10. The average molecular weight is 342 g/mol. The Labute approximate surface area is 132 Å². The van der Waals surface area contributed by atoms with Gasteiger partial charge < -0.3 is 10.1 Å². The molecule has 0 aliphatic carbocycles. The lowest BCUT2D eigenvalue weighted by Gasteiger charge is -2.13. The smallest absolute Gasteiger partial charge is 0.142 e. The maximum atomic E-state index is 5.39. The molecule has 106 valence electrons. The van der Waals surface area contributed by atoms with E-state index in [0.717, 1.165) is 22.5 Å². The Balaban J connectivity index is 1.89. The van der Waals surface area contributed by atoms with Gasteiger partial charge in [0.1, 0.15) is 5.75 Å². The number of hydrogen-bond acceptors (Lipinski definition) is 2. The number of nitrogens with one attached hydrogen (secondary N) is 1. The number of rotatable bonds is 4. The molecule has 0 bridgehead atoms. The molecular weight excluding hydrogens is 326 g/mol. The van der Waals surface area contributed by atoms with E-state index in [2.05, 4.69) is 63.7 Å². The zero-order valence-corrected chi connectivity index (χ0v) is 13.4. The summed E-state index contributed by atoms with van der Waals surface area (Å²) in [6.07, 6.45) is 0. The van der Waals surface area contributed by atoms with Crippen LogP contribution in [0.1, 0.15) is 5.56 Å². The zero-order valence-electron chi connectivity index (χ0n) is 11.8. The quantitative estimate of drug-likeness (QED) is 0.702. The minimum atomic E-state index is 0.758. The van der Waals surface area contributed by atoms with E-state index in [-0.39, 0.29) is 0 Å². The minimum Gasteiger partial charge on any atom is -0.495 e. The van der Waals surface area contributed by atoms with Crippen molar-refractivity contribution >= 4 is 32.4 Å². The third-order valence-corrected chi connectivity index (χ3v) is 4.00. The van der Waals surface area contributed by atoms with Crippen LogP contribution in [0.5, 0.6) is 5.75 Å². The molecule has 1 N–H and O–H groups in total. The summed E-state index contributed by atoms with van der Waals surface area (Å²) in [7, 11) is 1.69. The normalized spacial score (nSPS) is 10.6. The highest BCUT2D eigenvalue weighted by atomic mass is 79.9. The Morgan fingerprint density at radius 2 is 1.81 bits per heavy atom. The lowest BCUT2D eigenvalue weighted by atomic mass is 10.0. The van der Waals surface area contributed by atoms with Crippen molar-refractivity contribution in [3.05, 3.63) is 70.7 Å². The number of fused-ring (bicyclic) bond motifs is 1. The van der Waals surface area contributed by atoms with Gasteiger partial charge in [-0.15, -0.1) is 0 Å². The molecule has 0 saturated carbocycles. The lowest BCUT2D eigenvalue weighted by molar-refractivity contribution is 0.416. The number of halogens is 1. The fourth-order valence-corrected chi connectivity index (χ4v) is 2.82. The minimum absolute atomic E-state index is 0.758. The molecule has 0 amide bonds. The molecule has 3 rings (SSSR count). The third-order valence-electron chi connectivity index (χ3n) is 3.51. The maximum absolute atomic E-state index is 5.39. The molecule has 21 heavy (non-hydrogen) atoms. The van der Waals surface area contributed by atoms with Crippen LogP contribution in [0.25, 0.3) is 10.8 Å². The average Bonchev–Trinajstić information content (AvgIpc) is 2.53. The Morgan fingerprint density at radius 1 is 1.00 bits per heavy atom. The summed E-state index contributed by atoms with van der Waals surface area (Å²) < 4.78 is 6.42. The van der Waals surface area contributed by atoms with Crippen molar-refractivity contribution in [2.75, 3.05) is 12.4 Å². The van der Waals surface area contributed by atoms with Crippen molar-refractivity contribution in [1.82, 2.24) is 0 Å². The van der Waals surface area contributed by atoms with Gasteiger partial charge in [0.15, 0.2) is 0 Å². The number of benzene rings is 3. The molecule has 0 aliphatic rings. The first-order chi connectivity index (χ1) is 10.3. The van der Waals surface area contributed by atoms with Crippen molar-refractivity contribution < 1.29 is 4.74 Å². The molecular formula is C18H16BrNO. The Morgan fingerprint density at radius 3 is 2.67 bits per heavy atom. The molecule has 2 nitrogen and oxygen atoms in total. The van der Waals surface area contributed by atoms with E-state index < -0.39 is 0 Å². The number of hydrogen-bond donors (Lipinski definition) is 1. The van der Waals surface area contributed by atoms with Gasteiger partial charge in [0.2, 0.25) is 0 Å². The van der Waals surface area contributed by atoms with Crippen molar-refractivity contribution in [1.29, 1.82) is 0 Å². The summed E-state index contributed by atoms with van der Waals surface area (Å²) in [5.41, 5.74) is 2.26. The van der Waals surface area contributed by atoms with E-state index >= 15 is 0 Å². The largest absolute Gasteiger partial charge is 0.495 e.